The van der Waals surface area contributed by atoms with Crippen LogP contribution in [0.2, 0.25) is 0 Å². The van der Waals surface area contributed by atoms with Crippen molar-refractivity contribution in [3.63, 3.8) is 0 Å². The summed E-state index contributed by atoms with van der Waals surface area (Å²) >= 11 is 0. The minimum absolute atomic E-state index is 0.800. The van der Waals surface area contributed by atoms with E-state index < -0.39 is 0 Å². The van der Waals surface area contributed by atoms with Gasteiger partial charge in [-0.3, -0.25) is 4.99 Å². The molecule has 0 fully saturated rings. The number of nitrogens with zero attached hydrogens (tertiary/aromatic N) is 1. The van der Waals surface area contributed by atoms with Crippen LogP contribution in [0.25, 0.3) is 11.1 Å². The van der Waals surface area contributed by atoms with Gasteiger partial charge in [0.25, 0.3) is 0 Å². The fourth-order valence-corrected chi connectivity index (χ4v) is 2.34. The van der Waals surface area contributed by atoms with Crippen molar-refractivity contribution in [2.24, 2.45) is 4.99 Å². The third kappa shape index (κ3) is 2.29. The molecule has 3 rings (SSSR count). The highest BCUT2D eigenvalue weighted by molar-refractivity contribution is 6.03. The lowest BCUT2D eigenvalue weighted by Gasteiger charge is -2.08. The molecule has 2 N–H and O–H groups in total. The molecule has 2 nitrogen and oxygen atoms in total. The topological polar surface area (TPSA) is 38.4 Å². The maximum Gasteiger partial charge on any atom is 0.0513 e. The van der Waals surface area contributed by atoms with E-state index in [4.69, 9.17) is 5.73 Å². The van der Waals surface area contributed by atoms with Gasteiger partial charge in [0.15, 0.2) is 0 Å². The van der Waals surface area contributed by atoms with E-state index in [2.05, 4.69) is 48.3 Å². The molecule has 2 heteroatoms. The Balaban J connectivity index is 1.96. The molecule has 0 saturated heterocycles. The van der Waals surface area contributed by atoms with Gasteiger partial charge in [0, 0.05) is 18.3 Å². The molecule has 0 amide bonds. The fourth-order valence-electron chi connectivity index (χ4n) is 2.34. The first-order valence-electron chi connectivity index (χ1n) is 6.43. The lowest BCUT2D eigenvalue weighted by atomic mass is 9.97. The molecule has 0 atom stereocenters. The van der Waals surface area contributed by atoms with E-state index in [0.717, 1.165) is 17.8 Å². The summed E-state index contributed by atoms with van der Waals surface area (Å²) in [5, 5.41) is 0. The first-order chi connectivity index (χ1) is 9.24. The van der Waals surface area contributed by atoms with Crippen molar-refractivity contribution in [1.82, 2.24) is 0 Å². The minimum Gasteiger partial charge on any atom is -0.399 e. The van der Waals surface area contributed by atoms with Crippen LogP contribution in [0, 0.1) is 6.92 Å². The first kappa shape index (κ1) is 11.7. The largest absolute Gasteiger partial charge is 0.399 e. The van der Waals surface area contributed by atoms with Gasteiger partial charge in [-0.25, -0.2) is 0 Å². The van der Waals surface area contributed by atoms with Gasteiger partial charge in [0.05, 0.1) is 5.71 Å². The molecule has 2 aromatic carbocycles. The summed E-state index contributed by atoms with van der Waals surface area (Å²) in [4.78, 5) is 4.36. The second-order valence-corrected chi connectivity index (χ2v) is 4.82. The van der Waals surface area contributed by atoms with Gasteiger partial charge in [-0.2, -0.15) is 0 Å². The maximum atomic E-state index is 5.87. The Labute approximate surface area is 113 Å². The van der Waals surface area contributed by atoms with Crippen LogP contribution in [0.4, 0.5) is 5.69 Å². The molecule has 0 radical (unpaired) electrons. The zero-order valence-corrected chi connectivity index (χ0v) is 10.9. The highest BCUT2D eigenvalue weighted by Gasteiger charge is 2.07. The fraction of sp³-hybridized carbons (Fsp3) is 0.118. The molecule has 1 aliphatic heterocycles. The van der Waals surface area contributed by atoms with Gasteiger partial charge in [-0.1, -0.05) is 36.4 Å². The lowest BCUT2D eigenvalue weighted by molar-refractivity contribution is 1.45. The second-order valence-electron chi connectivity index (χ2n) is 4.82. The van der Waals surface area contributed by atoms with Crippen molar-refractivity contribution in [3.8, 4) is 11.1 Å². The van der Waals surface area contributed by atoms with Gasteiger partial charge in [0.2, 0.25) is 0 Å². The Morgan fingerprint density at radius 1 is 1.00 bits per heavy atom. The molecule has 94 valence electrons. The smallest absolute Gasteiger partial charge is 0.0513 e. The molecular formula is C17H16N2. The van der Waals surface area contributed by atoms with E-state index in [9.17, 15) is 0 Å². The number of nitrogen functional groups attached to an aromatic ring is 1. The van der Waals surface area contributed by atoms with Crippen LogP contribution in [0.5, 0.6) is 0 Å². The monoisotopic (exact) mass is 248 g/mol. The molecule has 1 aliphatic rings. The predicted molar refractivity (Wildman–Crippen MR) is 81.3 cm³/mol. The second kappa shape index (κ2) is 4.73. The standard InChI is InChI=1S/C17H16N2/c1-12-4-9-15(18)11-16(12)13-5-7-14(8-6-13)17-3-2-10-19-17/h2,4-11H,3,18H2,1H3. The molecule has 0 bridgehead atoms. The van der Waals surface area contributed by atoms with Crippen molar-refractivity contribution in [2.45, 2.75) is 13.3 Å². The number of aliphatic imine (C=N–C) groups is 1. The van der Waals surface area contributed by atoms with E-state index in [1.807, 2.05) is 18.3 Å². The summed E-state index contributed by atoms with van der Waals surface area (Å²) in [6.07, 6.45) is 4.87. The van der Waals surface area contributed by atoms with Gasteiger partial charge in [-0.05, 0) is 41.3 Å². The maximum absolute atomic E-state index is 5.87. The van der Waals surface area contributed by atoms with Crippen molar-refractivity contribution < 1.29 is 0 Å². The van der Waals surface area contributed by atoms with Crippen LogP contribution in [0.15, 0.2) is 59.7 Å². The number of anilines is 1. The molecule has 1 heterocycles. The highest BCUT2D eigenvalue weighted by atomic mass is 14.7. The van der Waals surface area contributed by atoms with Crippen LogP contribution in [-0.4, -0.2) is 5.71 Å². The van der Waals surface area contributed by atoms with Crippen LogP contribution < -0.4 is 5.73 Å². The molecule has 0 aromatic heterocycles. The van der Waals surface area contributed by atoms with Gasteiger partial charge >= 0.3 is 0 Å². The van der Waals surface area contributed by atoms with E-state index in [0.29, 0.717) is 0 Å². The van der Waals surface area contributed by atoms with Crippen LogP contribution in [0.3, 0.4) is 0 Å². The summed E-state index contributed by atoms with van der Waals surface area (Å²) in [6, 6.07) is 14.6. The van der Waals surface area contributed by atoms with Crippen molar-refractivity contribution in [2.75, 3.05) is 5.73 Å². The predicted octanol–water partition coefficient (Wildman–Crippen LogP) is 3.95. The van der Waals surface area contributed by atoms with Crippen molar-refractivity contribution in [1.29, 1.82) is 0 Å². The summed E-state index contributed by atoms with van der Waals surface area (Å²) in [5.74, 6) is 0. The van der Waals surface area contributed by atoms with Crippen LogP contribution >= 0.6 is 0 Å². The molecular weight excluding hydrogens is 232 g/mol. The zero-order chi connectivity index (χ0) is 13.2. The van der Waals surface area contributed by atoms with Crippen LogP contribution in [0.1, 0.15) is 17.5 Å². The number of nitrogens with two attached hydrogens (primary N) is 1. The lowest BCUT2D eigenvalue weighted by Crippen LogP contribution is -1.96. The van der Waals surface area contributed by atoms with E-state index in [-0.39, 0.29) is 0 Å². The summed E-state index contributed by atoms with van der Waals surface area (Å²) in [6.45, 7) is 2.10. The third-order valence-corrected chi connectivity index (χ3v) is 3.44. The summed E-state index contributed by atoms with van der Waals surface area (Å²) < 4.78 is 0. The number of hydrogen-bond donors (Lipinski definition) is 1. The number of benzene rings is 2. The Hall–Kier alpha value is -2.35. The molecule has 19 heavy (non-hydrogen) atoms. The number of hydrogen-bond acceptors (Lipinski definition) is 2. The molecule has 0 aliphatic carbocycles. The van der Waals surface area contributed by atoms with Crippen molar-refractivity contribution >= 4 is 11.4 Å². The average Bonchev–Trinajstić information content (AvgIpc) is 2.96. The summed E-state index contributed by atoms with van der Waals surface area (Å²) in [7, 11) is 0. The average molecular weight is 248 g/mol. The van der Waals surface area contributed by atoms with E-state index >= 15 is 0 Å². The van der Waals surface area contributed by atoms with Crippen molar-refractivity contribution in [3.05, 3.63) is 65.9 Å². The minimum atomic E-state index is 0.800. The number of aryl methyl sites for hydroxylation is 1. The Morgan fingerprint density at radius 3 is 2.42 bits per heavy atom. The van der Waals surface area contributed by atoms with Gasteiger partial charge in [0.1, 0.15) is 0 Å². The molecule has 0 unspecified atom stereocenters. The van der Waals surface area contributed by atoms with Gasteiger partial charge in [-0.15, -0.1) is 0 Å². The SMILES string of the molecule is Cc1ccc(N)cc1-c1ccc(C2=NC=CC2)cc1. The number of allylic oxidation sites excluding steroid dienone is 1. The van der Waals surface area contributed by atoms with Gasteiger partial charge < -0.3 is 5.73 Å². The Kier molecular flexibility index (Phi) is 2.92. The Morgan fingerprint density at radius 2 is 1.74 bits per heavy atom. The zero-order valence-electron chi connectivity index (χ0n) is 10.9. The first-order valence-corrected chi connectivity index (χ1v) is 6.43. The molecule has 0 spiro atoms. The normalized spacial score (nSPS) is 13.6. The highest BCUT2D eigenvalue weighted by Crippen LogP contribution is 2.26. The summed E-state index contributed by atoms with van der Waals surface area (Å²) in [5.41, 5.74) is 12.6. The third-order valence-electron chi connectivity index (χ3n) is 3.44. The molecule has 2 aromatic rings. The quantitative estimate of drug-likeness (QED) is 0.803. The molecule has 0 saturated carbocycles. The number of rotatable bonds is 2. The van der Waals surface area contributed by atoms with E-state index in [1.54, 1.807) is 0 Å². The Bertz CT molecular complexity index is 664. The van der Waals surface area contributed by atoms with E-state index in [1.165, 1.54) is 22.3 Å². The van der Waals surface area contributed by atoms with Crippen LogP contribution in [-0.2, 0) is 0 Å².